The first-order valence-electron chi connectivity index (χ1n) is 18.0. The Labute approximate surface area is 319 Å². The molecule has 1 fully saturated rings. The number of carbonyl (C=O) groups is 6. The van der Waals surface area contributed by atoms with Crippen molar-refractivity contribution in [2.45, 2.75) is 76.3 Å². The Morgan fingerprint density at radius 3 is 1.93 bits per heavy atom. The van der Waals surface area contributed by atoms with Gasteiger partial charge in [0.25, 0.3) is 0 Å². The van der Waals surface area contributed by atoms with Crippen LogP contribution in [0.15, 0.2) is 66.7 Å². The first-order chi connectivity index (χ1) is 26.1. The summed E-state index contributed by atoms with van der Waals surface area (Å²) in [6.07, 6.45) is 0.00586. The molecule has 6 amide bonds. The summed E-state index contributed by atoms with van der Waals surface area (Å²) in [5, 5.41) is 18.7. The van der Waals surface area contributed by atoms with E-state index in [1.807, 2.05) is 0 Å². The van der Waals surface area contributed by atoms with Crippen molar-refractivity contribution in [2.75, 3.05) is 28.3 Å². The third-order valence-corrected chi connectivity index (χ3v) is 10.1. The van der Waals surface area contributed by atoms with Crippen LogP contribution in [-0.4, -0.2) is 120 Å². The number of ether oxygens (including phenoxy) is 2. The molecule has 0 radical (unpaired) electrons. The molecule has 55 heavy (non-hydrogen) atoms. The summed E-state index contributed by atoms with van der Waals surface area (Å²) in [6.45, 7) is 4.40. The maximum atomic E-state index is 14.6. The molecule has 0 spiro atoms. The first-order valence-corrected chi connectivity index (χ1v) is 18.0. The van der Waals surface area contributed by atoms with Crippen LogP contribution >= 0.6 is 0 Å². The smallest absolute Gasteiger partial charge is 0.246 e. The quantitative estimate of drug-likeness (QED) is 0.308. The van der Waals surface area contributed by atoms with E-state index < -0.39 is 71.7 Å². The predicted octanol–water partition coefficient (Wildman–Crippen LogP) is 1.54. The lowest BCUT2D eigenvalue weighted by atomic mass is 9.99. The summed E-state index contributed by atoms with van der Waals surface area (Å²) in [7, 11) is 5.86. The first kappa shape index (κ1) is 40.1. The Bertz CT molecular complexity index is 1950. The monoisotopic (exact) mass is 756 g/mol. The van der Waals surface area contributed by atoms with E-state index in [9.17, 15) is 33.9 Å². The van der Waals surface area contributed by atoms with Gasteiger partial charge in [0, 0.05) is 40.4 Å². The molecule has 4 N–H and O–H groups in total. The number of phenols is 1. The molecule has 6 atom stereocenters. The lowest BCUT2D eigenvalue weighted by molar-refractivity contribution is -0.149. The highest BCUT2D eigenvalue weighted by atomic mass is 16.5. The molecular weight excluding hydrogens is 708 g/mol. The van der Waals surface area contributed by atoms with E-state index in [0.29, 0.717) is 28.2 Å². The van der Waals surface area contributed by atoms with Crippen molar-refractivity contribution < 1.29 is 43.3 Å². The number of benzene rings is 3. The van der Waals surface area contributed by atoms with Crippen molar-refractivity contribution in [1.29, 1.82) is 0 Å². The zero-order chi connectivity index (χ0) is 40.1. The van der Waals surface area contributed by atoms with Gasteiger partial charge in [-0.2, -0.15) is 0 Å². The number of methoxy groups -OCH3 is 1. The number of rotatable bonds is 3. The van der Waals surface area contributed by atoms with E-state index in [1.165, 1.54) is 69.8 Å². The highest BCUT2D eigenvalue weighted by molar-refractivity contribution is 5.98. The molecule has 292 valence electrons. The number of hydrogen-bond acceptors (Lipinski definition) is 9. The van der Waals surface area contributed by atoms with E-state index in [2.05, 4.69) is 16.0 Å². The predicted molar refractivity (Wildman–Crippen MR) is 201 cm³/mol. The van der Waals surface area contributed by atoms with Crippen molar-refractivity contribution in [1.82, 2.24) is 30.7 Å². The summed E-state index contributed by atoms with van der Waals surface area (Å²) in [6, 6.07) is 11.5. The van der Waals surface area contributed by atoms with Gasteiger partial charge >= 0.3 is 0 Å². The Morgan fingerprint density at radius 1 is 0.673 bits per heavy atom. The Hall–Kier alpha value is -6.12. The van der Waals surface area contributed by atoms with Crippen LogP contribution in [0.2, 0.25) is 0 Å². The van der Waals surface area contributed by atoms with Crippen LogP contribution in [0, 0.1) is 0 Å². The maximum absolute atomic E-state index is 14.6. The van der Waals surface area contributed by atoms with Gasteiger partial charge in [-0.25, -0.2) is 0 Å². The molecule has 1 saturated heterocycles. The maximum Gasteiger partial charge on any atom is 0.246 e. The normalized spacial score (nSPS) is 24.6. The van der Waals surface area contributed by atoms with Crippen molar-refractivity contribution >= 4 is 35.4 Å². The molecule has 15 heteroatoms. The van der Waals surface area contributed by atoms with Gasteiger partial charge in [-0.1, -0.05) is 30.3 Å². The van der Waals surface area contributed by atoms with Gasteiger partial charge in [0.15, 0.2) is 11.5 Å². The molecule has 2 aliphatic rings. The third-order valence-electron chi connectivity index (χ3n) is 10.1. The van der Waals surface area contributed by atoms with Crippen molar-refractivity contribution in [3.05, 3.63) is 83.4 Å². The second-order valence-electron chi connectivity index (χ2n) is 14.1. The Kier molecular flexibility index (Phi) is 12.3. The minimum Gasteiger partial charge on any atom is -0.504 e. The molecule has 2 heterocycles. The number of fused-ring (bicyclic) bond motifs is 7. The van der Waals surface area contributed by atoms with E-state index in [1.54, 1.807) is 60.7 Å². The van der Waals surface area contributed by atoms with Crippen LogP contribution in [0.25, 0.3) is 0 Å². The van der Waals surface area contributed by atoms with Gasteiger partial charge in [0.05, 0.1) is 7.11 Å². The molecular formula is C40H48N6O9. The zero-order valence-corrected chi connectivity index (χ0v) is 32.0. The number of phenolic OH excluding ortho intramolecular Hbond substituents is 1. The van der Waals surface area contributed by atoms with Gasteiger partial charge in [0.2, 0.25) is 35.4 Å². The molecule has 0 unspecified atom stereocenters. The van der Waals surface area contributed by atoms with E-state index in [0.717, 1.165) is 0 Å². The third kappa shape index (κ3) is 9.16. The van der Waals surface area contributed by atoms with Crippen molar-refractivity contribution in [3.63, 3.8) is 0 Å². The number of hydrogen-bond donors (Lipinski definition) is 4. The van der Waals surface area contributed by atoms with Gasteiger partial charge in [-0.3, -0.25) is 28.8 Å². The van der Waals surface area contributed by atoms with E-state index >= 15 is 0 Å². The van der Waals surface area contributed by atoms with Gasteiger partial charge < -0.3 is 45.2 Å². The standard InChI is InChI=1S/C40H48N6O9/c1-22-35(48)42-23(2)38(51)44(4)30(18-25-11-14-28(54-7)15-12-25)37(50)43-24(3)39(52)46(6)32-20-26-9-8-10-29(17-26)55-34-21-27(13-16-33(34)47)19-31(36(49)41-22)45(5)40(32)53/h8-17,21-24,30-32,47H,18-20H2,1-7H3,(H,41,49)(H,42,48)(H,43,50)/t22-,23+,24+,30+,31-,32+/m1/s1. The van der Waals surface area contributed by atoms with Crippen LogP contribution in [0.5, 0.6) is 23.0 Å². The second kappa shape index (κ2) is 16.9. The van der Waals surface area contributed by atoms with Gasteiger partial charge in [0.1, 0.15) is 47.8 Å². The number of nitrogens with zero attached hydrogens (tertiary/aromatic N) is 3. The molecule has 3 aromatic rings. The highest BCUT2D eigenvalue weighted by Gasteiger charge is 2.39. The largest absolute Gasteiger partial charge is 0.504 e. The number of likely N-dealkylation sites (N-methyl/N-ethyl adjacent to an activating group) is 3. The van der Waals surface area contributed by atoms with Crippen LogP contribution in [0.1, 0.15) is 37.5 Å². The average Bonchev–Trinajstić information content (AvgIpc) is 3.17. The fourth-order valence-corrected chi connectivity index (χ4v) is 6.72. The average molecular weight is 757 g/mol. The summed E-state index contributed by atoms with van der Waals surface area (Å²) in [5.41, 5.74) is 1.84. The SMILES string of the molecule is COc1ccc(C[C@H]2C(=O)N[C@@H](C)C(=O)N(C)[C@H]3Cc4cccc(c4)Oc4cc(ccc4O)C[C@H](C(=O)N[C@H](C)C(=O)N[C@@H](C)C(=O)N2C)N(C)C3=O)cc1. The fourth-order valence-electron chi connectivity index (χ4n) is 6.72. The number of carbonyl (C=O) groups excluding carboxylic acids is 6. The molecule has 5 rings (SSSR count). The van der Waals surface area contributed by atoms with E-state index in [-0.39, 0.29) is 30.8 Å². The van der Waals surface area contributed by atoms with Gasteiger partial charge in [-0.05, 0) is 73.9 Å². The summed E-state index contributed by atoms with van der Waals surface area (Å²) >= 11 is 0. The van der Waals surface area contributed by atoms with Crippen LogP contribution in [0.3, 0.4) is 0 Å². The minimum absolute atomic E-state index is 0.00475. The van der Waals surface area contributed by atoms with E-state index in [4.69, 9.17) is 9.47 Å². The fraction of sp³-hybridized carbons (Fsp3) is 0.400. The van der Waals surface area contributed by atoms with Gasteiger partial charge in [-0.15, -0.1) is 0 Å². The van der Waals surface area contributed by atoms with Crippen LogP contribution < -0.4 is 25.4 Å². The topological polar surface area (TPSA) is 187 Å². The molecule has 6 bridgehead atoms. The van der Waals surface area contributed by atoms with Crippen LogP contribution in [0.4, 0.5) is 0 Å². The molecule has 15 nitrogen and oxygen atoms in total. The number of aromatic hydroxyl groups is 1. The molecule has 3 aromatic carbocycles. The lowest BCUT2D eigenvalue weighted by Gasteiger charge is -2.36. The van der Waals surface area contributed by atoms with Crippen LogP contribution in [-0.2, 0) is 48.0 Å². The molecule has 2 aliphatic heterocycles. The highest BCUT2D eigenvalue weighted by Crippen LogP contribution is 2.33. The Balaban J connectivity index is 1.58. The minimum atomic E-state index is -1.20. The lowest BCUT2D eigenvalue weighted by Crippen LogP contribution is -2.61. The summed E-state index contributed by atoms with van der Waals surface area (Å²) in [4.78, 5) is 87.8. The Morgan fingerprint density at radius 2 is 1.25 bits per heavy atom. The van der Waals surface area contributed by atoms with Crippen molar-refractivity contribution in [2.24, 2.45) is 0 Å². The second-order valence-corrected chi connectivity index (χ2v) is 14.1. The number of amides is 6. The van der Waals surface area contributed by atoms with Crippen molar-refractivity contribution in [3.8, 4) is 23.0 Å². The molecule has 0 aromatic heterocycles. The molecule has 0 saturated carbocycles. The molecule has 0 aliphatic carbocycles. The summed E-state index contributed by atoms with van der Waals surface area (Å²) in [5.74, 6) is -2.77. The summed E-state index contributed by atoms with van der Waals surface area (Å²) < 4.78 is 11.3. The zero-order valence-electron chi connectivity index (χ0n) is 32.0. The number of nitrogens with one attached hydrogen (secondary N) is 3.